The number of aromatic nitrogens is 2. The van der Waals surface area contributed by atoms with Gasteiger partial charge in [0.05, 0.1) is 23.0 Å². The summed E-state index contributed by atoms with van der Waals surface area (Å²) in [6.07, 6.45) is 10.6. The van der Waals surface area contributed by atoms with Crippen LogP contribution < -0.4 is 5.32 Å². The van der Waals surface area contributed by atoms with Crippen molar-refractivity contribution in [1.29, 1.82) is 0 Å². The molecular formula is C23H28ClN3O. The first kappa shape index (κ1) is 23.3. The maximum atomic E-state index is 12.9. The second-order valence-corrected chi connectivity index (χ2v) is 6.10. The molecule has 0 saturated heterocycles. The van der Waals surface area contributed by atoms with E-state index in [-0.39, 0.29) is 5.78 Å². The van der Waals surface area contributed by atoms with Crippen molar-refractivity contribution in [3.8, 4) is 0 Å². The van der Waals surface area contributed by atoms with Crippen LogP contribution in [0.25, 0.3) is 6.08 Å². The minimum Gasteiger partial charge on any atom is -0.383 e. The number of pyridine rings is 2. The number of hydrogen-bond donors (Lipinski definition) is 1. The van der Waals surface area contributed by atoms with Gasteiger partial charge in [-0.1, -0.05) is 43.7 Å². The summed E-state index contributed by atoms with van der Waals surface area (Å²) in [6.45, 7) is 10.2. The van der Waals surface area contributed by atoms with Crippen molar-refractivity contribution in [1.82, 2.24) is 15.3 Å². The van der Waals surface area contributed by atoms with Gasteiger partial charge >= 0.3 is 0 Å². The minimum atomic E-state index is -0.116. The van der Waals surface area contributed by atoms with Gasteiger partial charge in [-0.2, -0.15) is 0 Å². The third-order valence-electron chi connectivity index (χ3n) is 3.67. The molecule has 2 aromatic rings. The van der Waals surface area contributed by atoms with E-state index in [1.54, 1.807) is 30.6 Å². The zero-order chi connectivity index (χ0) is 20.9. The number of ketones is 1. The zero-order valence-corrected chi connectivity index (χ0v) is 17.9. The van der Waals surface area contributed by atoms with E-state index in [2.05, 4.69) is 15.3 Å². The summed E-state index contributed by atoms with van der Waals surface area (Å²) in [6, 6.07) is 7.42. The number of nitrogens with zero attached hydrogens (tertiary/aromatic N) is 2. The van der Waals surface area contributed by atoms with Gasteiger partial charge < -0.3 is 5.32 Å². The molecule has 0 atom stereocenters. The molecule has 1 N–H and O–H groups in total. The van der Waals surface area contributed by atoms with E-state index in [9.17, 15) is 4.79 Å². The van der Waals surface area contributed by atoms with Crippen molar-refractivity contribution >= 4 is 23.5 Å². The number of nitrogens with one attached hydrogen (secondary N) is 1. The fourth-order valence-electron chi connectivity index (χ4n) is 2.37. The van der Waals surface area contributed by atoms with Crippen molar-refractivity contribution in [2.24, 2.45) is 0 Å². The van der Waals surface area contributed by atoms with E-state index < -0.39 is 0 Å². The summed E-state index contributed by atoms with van der Waals surface area (Å²) in [5.41, 5.74) is 3.47. The van der Waals surface area contributed by atoms with Crippen LogP contribution in [0.3, 0.4) is 0 Å². The number of allylic oxidation sites excluding steroid dienone is 5. The van der Waals surface area contributed by atoms with Crippen LogP contribution in [0, 0.1) is 0 Å². The molecule has 28 heavy (non-hydrogen) atoms. The highest BCUT2D eigenvalue weighted by Crippen LogP contribution is 2.19. The Bertz CT molecular complexity index is 855. The predicted molar refractivity (Wildman–Crippen MR) is 118 cm³/mol. The summed E-state index contributed by atoms with van der Waals surface area (Å²) in [5.74, 6) is -0.116. The number of hydrogen-bond acceptors (Lipinski definition) is 4. The number of carbonyl (C=O) groups excluding carboxylic acids is 1. The Balaban J connectivity index is 0.00000190. The van der Waals surface area contributed by atoms with E-state index in [1.165, 1.54) is 0 Å². The first-order valence-electron chi connectivity index (χ1n) is 9.36. The molecule has 0 saturated carbocycles. The lowest BCUT2D eigenvalue weighted by Gasteiger charge is -2.09. The lowest BCUT2D eigenvalue weighted by Crippen LogP contribution is -2.13. The van der Waals surface area contributed by atoms with Crippen LogP contribution >= 0.6 is 11.6 Å². The van der Waals surface area contributed by atoms with Crippen molar-refractivity contribution < 1.29 is 4.79 Å². The summed E-state index contributed by atoms with van der Waals surface area (Å²) in [7, 11) is 0. The Kier molecular flexibility index (Phi) is 10.5. The van der Waals surface area contributed by atoms with Crippen LogP contribution in [-0.4, -0.2) is 15.8 Å². The molecule has 2 rings (SSSR count). The smallest absolute Gasteiger partial charge is 0.194 e. The van der Waals surface area contributed by atoms with Crippen LogP contribution in [0.15, 0.2) is 66.2 Å². The summed E-state index contributed by atoms with van der Waals surface area (Å²) >= 11 is 6.04. The highest BCUT2D eigenvalue weighted by Gasteiger charge is 2.15. The Labute approximate surface area is 173 Å². The Morgan fingerprint density at radius 1 is 1.21 bits per heavy atom. The normalized spacial score (nSPS) is 11.8. The number of halogens is 1. The van der Waals surface area contributed by atoms with Crippen molar-refractivity contribution in [3.05, 3.63) is 88.1 Å². The zero-order valence-electron chi connectivity index (χ0n) is 17.2. The van der Waals surface area contributed by atoms with Crippen LogP contribution in [0.4, 0.5) is 0 Å². The lowest BCUT2D eigenvalue weighted by molar-refractivity contribution is 0.103. The number of carbonyl (C=O) groups is 1. The van der Waals surface area contributed by atoms with Crippen LogP contribution in [0.2, 0.25) is 5.02 Å². The van der Waals surface area contributed by atoms with E-state index in [0.717, 1.165) is 11.4 Å². The molecule has 0 aliphatic rings. The number of rotatable bonds is 7. The monoisotopic (exact) mass is 397 g/mol. The molecule has 0 fully saturated rings. The third kappa shape index (κ3) is 7.12. The quantitative estimate of drug-likeness (QED) is 0.353. The van der Waals surface area contributed by atoms with Crippen LogP contribution in [0.5, 0.6) is 0 Å². The summed E-state index contributed by atoms with van der Waals surface area (Å²) in [5, 5.41) is 3.71. The molecule has 0 radical (unpaired) electrons. The first-order chi connectivity index (χ1) is 13.5. The van der Waals surface area contributed by atoms with Crippen LogP contribution in [0.1, 0.15) is 56.4 Å². The molecule has 0 unspecified atom stereocenters. The van der Waals surface area contributed by atoms with Gasteiger partial charge in [-0.25, -0.2) is 0 Å². The highest BCUT2D eigenvalue weighted by atomic mass is 35.5. The van der Waals surface area contributed by atoms with E-state index in [4.69, 9.17) is 11.6 Å². The Morgan fingerprint density at radius 3 is 2.57 bits per heavy atom. The van der Waals surface area contributed by atoms with Crippen molar-refractivity contribution in [3.63, 3.8) is 0 Å². The first-order valence-corrected chi connectivity index (χ1v) is 9.74. The molecule has 2 heterocycles. The summed E-state index contributed by atoms with van der Waals surface area (Å²) in [4.78, 5) is 21.5. The lowest BCUT2D eigenvalue weighted by atomic mass is 10.0. The van der Waals surface area contributed by atoms with E-state index >= 15 is 0 Å². The van der Waals surface area contributed by atoms with Gasteiger partial charge in [-0.3, -0.25) is 14.8 Å². The predicted octanol–water partition coefficient (Wildman–Crippen LogP) is 6.01. The van der Waals surface area contributed by atoms with Crippen LogP contribution in [-0.2, 0) is 6.54 Å². The maximum absolute atomic E-state index is 12.9. The molecular weight excluding hydrogens is 370 g/mol. The van der Waals surface area contributed by atoms with Gasteiger partial charge in [0.1, 0.15) is 0 Å². The molecule has 0 spiro atoms. The molecule has 2 aromatic heterocycles. The largest absolute Gasteiger partial charge is 0.383 e. The van der Waals surface area contributed by atoms with E-state index in [0.29, 0.717) is 28.4 Å². The molecule has 5 heteroatoms. The fourth-order valence-corrected chi connectivity index (χ4v) is 2.53. The maximum Gasteiger partial charge on any atom is 0.194 e. The molecule has 148 valence electrons. The molecule has 0 bridgehead atoms. The van der Waals surface area contributed by atoms with Gasteiger partial charge in [0.25, 0.3) is 0 Å². The number of Topliss-reactive ketones (excluding diaryl/α,β-unsaturated/α-hetero) is 1. The Hall–Kier alpha value is -2.72. The SMILES string of the molecule is C/C=C\c1ncc(Cl)cc1C(=O)C(/C=C(\C)NCc1ccccn1)=C/C.CC. The average molecular weight is 398 g/mol. The molecule has 4 nitrogen and oxygen atoms in total. The van der Waals surface area contributed by atoms with Gasteiger partial charge in [0.15, 0.2) is 5.78 Å². The van der Waals surface area contributed by atoms with Gasteiger partial charge in [0.2, 0.25) is 0 Å². The van der Waals surface area contributed by atoms with E-state index in [1.807, 2.05) is 65.0 Å². The summed E-state index contributed by atoms with van der Waals surface area (Å²) < 4.78 is 0. The van der Waals surface area contributed by atoms with Gasteiger partial charge in [-0.15, -0.1) is 0 Å². The molecule has 0 amide bonds. The Morgan fingerprint density at radius 2 is 1.96 bits per heavy atom. The average Bonchev–Trinajstić information content (AvgIpc) is 2.73. The van der Waals surface area contributed by atoms with Crippen molar-refractivity contribution in [2.45, 2.75) is 41.2 Å². The standard InChI is InChI=1S/C21H22ClN3O.C2H6/c1-4-8-20-19(12-17(22)13-25-20)21(26)16(5-2)11-15(3)24-14-18-9-6-7-10-23-18;1-2/h4-13,24H,14H2,1-3H3;1-2H3/b8-4-,15-11+,16-5+;. The van der Waals surface area contributed by atoms with Gasteiger partial charge in [0, 0.05) is 29.2 Å². The molecule has 0 aliphatic carbocycles. The molecule has 0 aliphatic heterocycles. The topological polar surface area (TPSA) is 54.9 Å². The molecule has 0 aromatic carbocycles. The minimum absolute atomic E-state index is 0.116. The van der Waals surface area contributed by atoms with Gasteiger partial charge in [-0.05, 0) is 51.1 Å². The second kappa shape index (κ2) is 12.6. The fraction of sp³-hybridized carbons (Fsp3) is 0.261. The third-order valence-corrected chi connectivity index (χ3v) is 3.88. The highest BCUT2D eigenvalue weighted by molar-refractivity contribution is 6.31. The second-order valence-electron chi connectivity index (χ2n) is 5.66. The van der Waals surface area contributed by atoms with Crippen molar-refractivity contribution in [2.75, 3.05) is 0 Å².